The molecule has 2 saturated heterocycles. The first-order chi connectivity index (χ1) is 15.0. The summed E-state index contributed by atoms with van der Waals surface area (Å²) in [5, 5.41) is 5.72. The molecule has 0 aliphatic carbocycles. The quantitative estimate of drug-likeness (QED) is 0.751. The molecule has 0 radical (unpaired) electrons. The molecule has 1 unspecified atom stereocenters. The number of amides is 2. The largest absolute Gasteiger partial charge is 0.369 e. The highest BCUT2D eigenvalue weighted by Gasteiger charge is 2.26. The van der Waals surface area contributed by atoms with E-state index in [4.69, 9.17) is 0 Å². The van der Waals surface area contributed by atoms with E-state index in [0.717, 1.165) is 37.7 Å². The first kappa shape index (κ1) is 21.0. The van der Waals surface area contributed by atoms with Crippen molar-refractivity contribution in [2.75, 3.05) is 60.9 Å². The Kier molecular flexibility index (Phi) is 6.31. The summed E-state index contributed by atoms with van der Waals surface area (Å²) in [6, 6.07) is 9.86. The van der Waals surface area contributed by atoms with Crippen LogP contribution in [0.5, 0.6) is 0 Å². The van der Waals surface area contributed by atoms with Gasteiger partial charge in [-0.15, -0.1) is 0 Å². The van der Waals surface area contributed by atoms with Gasteiger partial charge in [-0.1, -0.05) is 0 Å². The second-order valence-corrected chi connectivity index (χ2v) is 7.84. The fourth-order valence-electron chi connectivity index (χ4n) is 3.91. The fourth-order valence-corrected chi connectivity index (χ4v) is 3.91. The number of piperazine rings is 2. The predicted molar refractivity (Wildman–Crippen MR) is 118 cm³/mol. The van der Waals surface area contributed by atoms with Crippen LogP contribution in [0.4, 0.5) is 21.6 Å². The molecule has 31 heavy (non-hydrogen) atoms. The van der Waals surface area contributed by atoms with Crippen LogP contribution in [0.2, 0.25) is 0 Å². The Labute approximate surface area is 181 Å². The maximum Gasteiger partial charge on any atom is 0.241 e. The molecular formula is C22H27FN6O2. The van der Waals surface area contributed by atoms with Crippen molar-refractivity contribution in [2.24, 2.45) is 0 Å². The lowest BCUT2D eigenvalue weighted by atomic mass is 10.2. The average molecular weight is 426 g/mol. The fraction of sp³-hybridized carbons (Fsp3) is 0.409. The predicted octanol–water partition coefficient (Wildman–Crippen LogP) is 1.31. The van der Waals surface area contributed by atoms with E-state index in [1.165, 1.54) is 12.1 Å². The van der Waals surface area contributed by atoms with Gasteiger partial charge in [-0.3, -0.25) is 14.5 Å². The summed E-state index contributed by atoms with van der Waals surface area (Å²) in [6.07, 6.45) is 1.62. The van der Waals surface area contributed by atoms with E-state index in [1.54, 1.807) is 18.3 Å². The van der Waals surface area contributed by atoms with E-state index in [-0.39, 0.29) is 23.7 Å². The van der Waals surface area contributed by atoms with Crippen LogP contribution in [0.1, 0.15) is 6.92 Å². The third-order valence-electron chi connectivity index (χ3n) is 5.81. The van der Waals surface area contributed by atoms with Gasteiger partial charge < -0.3 is 20.4 Å². The number of anilines is 3. The molecule has 9 heteroatoms. The third-order valence-corrected chi connectivity index (χ3v) is 5.81. The first-order valence-electron chi connectivity index (χ1n) is 10.5. The van der Waals surface area contributed by atoms with Crippen LogP contribution in [0.3, 0.4) is 0 Å². The molecule has 3 heterocycles. The van der Waals surface area contributed by atoms with Crippen LogP contribution in [0.15, 0.2) is 42.6 Å². The number of nitrogens with zero attached hydrogens (tertiary/aromatic N) is 4. The second-order valence-electron chi connectivity index (χ2n) is 7.84. The topological polar surface area (TPSA) is 80.8 Å². The van der Waals surface area contributed by atoms with Crippen molar-refractivity contribution in [3.8, 4) is 0 Å². The second kappa shape index (κ2) is 9.30. The van der Waals surface area contributed by atoms with Crippen molar-refractivity contribution in [3.63, 3.8) is 0 Å². The SMILES string of the molecule is CC(C(=O)Nc1ccc(N2CCNC(=O)C2)nc1)N1CCN(c2ccc(F)cc2)CC1. The number of halogens is 1. The number of hydrogen-bond acceptors (Lipinski definition) is 6. The van der Waals surface area contributed by atoms with Crippen molar-refractivity contribution in [1.29, 1.82) is 0 Å². The summed E-state index contributed by atoms with van der Waals surface area (Å²) in [5.41, 5.74) is 1.63. The Balaban J connectivity index is 1.28. The molecule has 1 atom stereocenters. The molecule has 0 bridgehead atoms. The van der Waals surface area contributed by atoms with Gasteiger partial charge in [0.2, 0.25) is 11.8 Å². The van der Waals surface area contributed by atoms with Gasteiger partial charge in [-0.2, -0.15) is 0 Å². The van der Waals surface area contributed by atoms with E-state index in [2.05, 4.69) is 25.4 Å². The van der Waals surface area contributed by atoms with Gasteiger partial charge in [-0.25, -0.2) is 9.37 Å². The zero-order valence-electron chi connectivity index (χ0n) is 17.6. The molecule has 2 fully saturated rings. The Hall–Kier alpha value is -3.20. The number of pyridine rings is 1. The summed E-state index contributed by atoms with van der Waals surface area (Å²) in [7, 11) is 0. The van der Waals surface area contributed by atoms with Crippen molar-refractivity contribution >= 4 is 29.0 Å². The number of carbonyl (C=O) groups is 2. The molecule has 8 nitrogen and oxygen atoms in total. The lowest BCUT2D eigenvalue weighted by Gasteiger charge is -2.38. The Morgan fingerprint density at radius 1 is 1.06 bits per heavy atom. The van der Waals surface area contributed by atoms with E-state index in [1.807, 2.05) is 24.0 Å². The summed E-state index contributed by atoms with van der Waals surface area (Å²) >= 11 is 0. The molecule has 164 valence electrons. The van der Waals surface area contributed by atoms with Crippen LogP contribution in [-0.4, -0.2) is 73.6 Å². The van der Waals surface area contributed by atoms with Gasteiger partial charge in [0.15, 0.2) is 0 Å². The van der Waals surface area contributed by atoms with Crippen LogP contribution in [0.25, 0.3) is 0 Å². The summed E-state index contributed by atoms with van der Waals surface area (Å²) in [6.45, 7) is 6.57. The maximum absolute atomic E-state index is 13.1. The van der Waals surface area contributed by atoms with Gasteiger partial charge in [0.25, 0.3) is 0 Å². The van der Waals surface area contributed by atoms with Crippen molar-refractivity contribution in [3.05, 3.63) is 48.4 Å². The Morgan fingerprint density at radius 2 is 1.81 bits per heavy atom. The minimum absolute atomic E-state index is 0.0150. The van der Waals surface area contributed by atoms with E-state index in [9.17, 15) is 14.0 Å². The third kappa shape index (κ3) is 5.11. The molecule has 0 saturated carbocycles. The molecule has 2 aliphatic heterocycles. The number of carbonyl (C=O) groups excluding carboxylic acids is 2. The van der Waals surface area contributed by atoms with E-state index < -0.39 is 0 Å². The Morgan fingerprint density at radius 3 is 2.45 bits per heavy atom. The summed E-state index contributed by atoms with van der Waals surface area (Å²) in [4.78, 5) is 34.9. The maximum atomic E-state index is 13.1. The number of rotatable bonds is 5. The van der Waals surface area contributed by atoms with Crippen molar-refractivity contribution < 1.29 is 14.0 Å². The molecule has 2 N–H and O–H groups in total. The molecule has 0 spiro atoms. The zero-order chi connectivity index (χ0) is 21.8. The highest BCUT2D eigenvalue weighted by atomic mass is 19.1. The van der Waals surface area contributed by atoms with Gasteiger partial charge in [0, 0.05) is 45.0 Å². The number of benzene rings is 1. The number of nitrogens with one attached hydrogen (secondary N) is 2. The van der Waals surface area contributed by atoms with Crippen LogP contribution < -0.4 is 20.4 Å². The standard InChI is InChI=1S/C22H27FN6O2/c1-16(27-10-12-28(13-11-27)19-5-2-17(23)3-6-19)22(31)26-18-4-7-20(25-14-18)29-9-8-24-21(30)15-29/h2-7,14,16H,8-13,15H2,1H3,(H,24,30)(H,26,31). The smallest absolute Gasteiger partial charge is 0.241 e. The molecule has 1 aromatic carbocycles. The molecule has 2 aromatic rings. The lowest BCUT2D eigenvalue weighted by Crippen LogP contribution is -2.52. The first-order valence-corrected chi connectivity index (χ1v) is 10.5. The average Bonchev–Trinajstić information content (AvgIpc) is 2.80. The van der Waals surface area contributed by atoms with Gasteiger partial charge >= 0.3 is 0 Å². The van der Waals surface area contributed by atoms with E-state index in [0.29, 0.717) is 25.3 Å². The van der Waals surface area contributed by atoms with Crippen molar-refractivity contribution in [1.82, 2.24) is 15.2 Å². The normalized spacial score (nSPS) is 18.5. The van der Waals surface area contributed by atoms with Gasteiger partial charge in [-0.05, 0) is 43.3 Å². The molecule has 4 rings (SSSR count). The lowest BCUT2D eigenvalue weighted by molar-refractivity contribution is -0.121. The molecule has 1 aromatic heterocycles. The van der Waals surface area contributed by atoms with Gasteiger partial charge in [0.05, 0.1) is 24.5 Å². The van der Waals surface area contributed by atoms with Crippen LogP contribution >= 0.6 is 0 Å². The minimum atomic E-state index is -0.277. The molecule has 2 aliphatic rings. The van der Waals surface area contributed by atoms with Crippen LogP contribution in [0, 0.1) is 5.82 Å². The monoisotopic (exact) mass is 426 g/mol. The van der Waals surface area contributed by atoms with E-state index >= 15 is 0 Å². The highest BCUT2D eigenvalue weighted by molar-refractivity contribution is 5.94. The van der Waals surface area contributed by atoms with Crippen LogP contribution in [-0.2, 0) is 9.59 Å². The van der Waals surface area contributed by atoms with Gasteiger partial charge in [0.1, 0.15) is 11.6 Å². The highest BCUT2D eigenvalue weighted by Crippen LogP contribution is 2.19. The molecular weight excluding hydrogens is 399 g/mol. The minimum Gasteiger partial charge on any atom is -0.369 e. The molecule has 2 amide bonds. The Bertz CT molecular complexity index is 913. The number of hydrogen-bond donors (Lipinski definition) is 2. The van der Waals surface area contributed by atoms with Crippen molar-refractivity contribution in [2.45, 2.75) is 13.0 Å². The summed E-state index contributed by atoms with van der Waals surface area (Å²) < 4.78 is 13.1. The zero-order valence-corrected chi connectivity index (χ0v) is 17.6. The number of aromatic nitrogens is 1. The summed E-state index contributed by atoms with van der Waals surface area (Å²) in [5.74, 6) is 0.385.